The molecule has 118 valence electrons. The zero-order chi connectivity index (χ0) is 16.8. The Hall–Kier alpha value is -2.73. The van der Waals surface area contributed by atoms with Crippen LogP contribution in [0.3, 0.4) is 0 Å². The van der Waals surface area contributed by atoms with Gasteiger partial charge in [-0.25, -0.2) is 0 Å². The molecular formula is C20H20O3. The maximum atomic E-state index is 10.8. The average Bonchev–Trinajstić information content (AvgIpc) is 2.50. The summed E-state index contributed by atoms with van der Waals surface area (Å²) in [6, 6.07) is 12.2. The maximum Gasteiger partial charge on any atom is 0.303 e. The largest absolute Gasteiger partial charge is 0.497 e. The second kappa shape index (κ2) is 7.51. The molecule has 0 bridgehead atoms. The molecule has 0 radical (unpaired) electrons. The zero-order valence-electron chi connectivity index (χ0n) is 13.9. The summed E-state index contributed by atoms with van der Waals surface area (Å²) in [6.07, 6.45) is 0. The summed E-state index contributed by atoms with van der Waals surface area (Å²) < 4.78 is 10.1. The Kier molecular flexibility index (Phi) is 5.43. The molecule has 0 saturated carbocycles. The number of carbonyl (C=O) groups is 1. The Morgan fingerprint density at radius 2 is 1.78 bits per heavy atom. The van der Waals surface area contributed by atoms with Crippen LogP contribution in [0.25, 0.3) is 11.1 Å². The van der Waals surface area contributed by atoms with Gasteiger partial charge in [-0.15, -0.1) is 0 Å². The number of hydrogen-bond acceptors (Lipinski definition) is 3. The molecule has 0 amide bonds. The summed E-state index contributed by atoms with van der Waals surface area (Å²) >= 11 is 0. The minimum atomic E-state index is -0.334. The van der Waals surface area contributed by atoms with Gasteiger partial charge in [0.1, 0.15) is 5.75 Å². The van der Waals surface area contributed by atoms with Gasteiger partial charge in [0.25, 0.3) is 0 Å². The van der Waals surface area contributed by atoms with E-state index in [4.69, 9.17) is 9.47 Å². The first-order valence-electron chi connectivity index (χ1n) is 7.38. The number of aryl methyl sites for hydroxylation is 2. The molecule has 0 unspecified atom stereocenters. The van der Waals surface area contributed by atoms with Gasteiger partial charge in [-0.3, -0.25) is 4.79 Å². The van der Waals surface area contributed by atoms with Crippen LogP contribution in [0.5, 0.6) is 5.75 Å². The van der Waals surface area contributed by atoms with Crippen LogP contribution in [-0.4, -0.2) is 19.7 Å². The number of benzene rings is 2. The molecule has 2 aromatic rings. The van der Waals surface area contributed by atoms with Crippen LogP contribution in [0.4, 0.5) is 0 Å². The van der Waals surface area contributed by atoms with E-state index in [1.807, 2.05) is 18.2 Å². The quantitative estimate of drug-likeness (QED) is 0.637. The number of hydrogen-bond donors (Lipinski definition) is 0. The number of carbonyl (C=O) groups excluding carboxylic acids is 1. The Morgan fingerprint density at radius 1 is 1.09 bits per heavy atom. The predicted octanol–water partition coefficient (Wildman–Crippen LogP) is 3.89. The molecule has 0 atom stereocenters. The lowest BCUT2D eigenvalue weighted by molar-refractivity contribution is -0.139. The second-order valence-corrected chi connectivity index (χ2v) is 5.37. The molecule has 23 heavy (non-hydrogen) atoms. The molecule has 3 nitrogen and oxygen atoms in total. The van der Waals surface area contributed by atoms with Gasteiger partial charge in [0, 0.05) is 12.5 Å². The first-order chi connectivity index (χ1) is 11.0. The normalized spacial score (nSPS) is 9.74. The summed E-state index contributed by atoms with van der Waals surface area (Å²) in [5.74, 6) is 6.36. The van der Waals surface area contributed by atoms with E-state index >= 15 is 0 Å². The van der Waals surface area contributed by atoms with Crippen molar-refractivity contribution in [1.82, 2.24) is 0 Å². The molecule has 3 heteroatoms. The van der Waals surface area contributed by atoms with Crippen LogP contribution in [0.1, 0.15) is 23.6 Å². The van der Waals surface area contributed by atoms with E-state index in [0.29, 0.717) is 0 Å². The van der Waals surface area contributed by atoms with E-state index < -0.39 is 0 Å². The van der Waals surface area contributed by atoms with Crippen LogP contribution in [-0.2, 0) is 9.53 Å². The molecule has 0 aliphatic carbocycles. The first kappa shape index (κ1) is 16.6. The molecule has 0 aromatic heterocycles. The second-order valence-electron chi connectivity index (χ2n) is 5.37. The highest BCUT2D eigenvalue weighted by atomic mass is 16.5. The van der Waals surface area contributed by atoms with Gasteiger partial charge in [0.05, 0.1) is 7.11 Å². The van der Waals surface area contributed by atoms with Crippen molar-refractivity contribution in [3.63, 3.8) is 0 Å². The molecule has 2 rings (SSSR count). The molecule has 0 heterocycles. The van der Waals surface area contributed by atoms with Crippen molar-refractivity contribution in [2.45, 2.75) is 20.8 Å². The van der Waals surface area contributed by atoms with Crippen LogP contribution >= 0.6 is 0 Å². The van der Waals surface area contributed by atoms with Crippen molar-refractivity contribution in [3.05, 3.63) is 53.1 Å². The van der Waals surface area contributed by atoms with Gasteiger partial charge >= 0.3 is 5.97 Å². The van der Waals surface area contributed by atoms with Crippen LogP contribution in [0.15, 0.2) is 36.4 Å². The molecular weight excluding hydrogens is 288 g/mol. The lowest BCUT2D eigenvalue weighted by atomic mass is 9.96. The van der Waals surface area contributed by atoms with Gasteiger partial charge in [-0.2, -0.15) is 0 Å². The summed E-state index contributed by atoms with van der Waals surface area (Å²) in [5.41, 5.74) is 5.40. The smallest absolute Gasteiger partial charge is 0.303 e. The molecule has 0 saturated heterocycles. The third-order valence-corrected chi connectivity index (χ3v) is 3.33. The fourth-order valence-electron chi connectivity index (χ4n) is 2.40. The Balaban J connectivity index is 2.44. The fourth-order valence-corrected chi connectivity index (χ4v) is 2.40. The van der Waals surface area contributed by atoms with Crippen molar-refractivity contribution >= 4 is 5.97 Å². The van der Waals surface area contributed by atoms with Gasteiger partial charge < -0.3 is 9.47 Å². The Morgan fingerprint density at radius 3 is 2.39 bits per heavy atom. The number of esters is 1. The van der Waals surface area contributed by atoms with Gasteiger partial charge in [0.2, 0.25) is 0 Å². The lowest BCUT2D eigenvalue weighted by Gasteiger charge is -2.10. The summed E-state index contributed by atoms with van der Waals surface area (Å²) in [4.78, 5) is 10.8. The van der Waals surface area contributed by atoms with Crippen molar-refractivity contribution in [2.24, 2.45) is 0 Å². The number of ether oxygens (including phenoxy) is 2. The minimum absolute atomic E-state index is 0.0822. The van der Waals surface area contributed by atoms with E-state index in [2.05, 4.69) is 43.9 Å². The van der Waals surface area contributed by atoms with E-state index in [0.717, 1.165) is 22.4 Å². The van der Waals surface area contributed by atoms with Crippen LogP contribution in [0.2, 0.25) is 0 Å². The minimum Gasteiger partial charge on any atom is -0.497 e. The predicted molar refractivity (Wildman–Crippen MR) is 91.4 cm³/mol. The average molecular weight is 308 g/mol. The highest BCUT2D eigenvalue weighted by molar-refractivity contribution is 5.73. The summed E-state index contributed by atoms with van der Waals surface area (Å²) in [6.45, 7) is 5.60. The van der Waals surface area contributed by atoms with Gasteiger partial charge in [0.15, 0.2) is 6.61 Å². The SMILES string of the molecule is COc1ccc(-c2cc(C)cc(C)c2)c(C#CCOC(C)=O)c1. The molecule has 0 fully saturated rings. The third kappa shape index (κ3) is 4.62. The van der Waals surface area contributed by atoms with Gasteiger partial charge in [-0.1, -0.05) is 41.2 Å². The van der Waals surface area contributed by atoms with Crippen LogP contribution in [0, 0.1) is 25.7 Å². The summed E-state index contributed by atoms with van der Waals surface area (Å²) in [7, 11) is 1.63. The lowest BCUT2D eigenvalue weighted by Crippen LogP contribution is -1.98. The highest BCUT2D eigenvalue weighted by Crippen LogP contribution is 2.28. The van der Waals surface area contributed by atoms with E-state index in [9.17, 15) is 4.79 Å². The molecule has 0 N–H and O–H groups in total. The first-order valence-corrected chi connectivity index (χ1v) is 7.38. The van der Waals surface area contributed by atoms with Crippen molar-refractivity contribution in [3.8, 4) is 28.7 Å². The molecule has 2 aromatic carbocycles. The Labute approximate surface area is 137 Å². The van der Waals surface area contributed by atoms with E-state index in [1.165, 1.54) is 18.1 Å². The Bertz CT molecular complexity index is 759. The number of methoxy groups -OCH3 is 1. The van der Waals surface area contributed by atoms with Crippen molar-refractivity contribution in [2.75, 3.05) is 13.7 Å². The standard InChI is InChI=1S/C20H20O3/c1-14-10-15(2)12-18(11-14)20-8-7-19(22-4)13-17(20)6-5-9-23-16(3)21/h7-8,10-13H,9H2,1-4H3. The monoisotopic (exact) mass is 308 g/mol. The number of rotatable bonds is 3. The maximum absolute atomic E-state index is 10.8. The third-order valence-electron chi connectivity index (χ3n) is 3.33. The van der Waals surface area contributed by atoms with E-state index in [1.54, 1.807) is 7.11 Å². The highest BCUT2D eigenvalue weighted by Gasteiger charge is 2.06. The molecule has 0 spiro atoms. The fraction of sp³-hybridized carbons (Fsp3) is 0.250. The van der Waals surface area contributed by atoms with Gasteiger partial charge in [-0.05, 0) is 43.2 Å². The van der Waals surface area contributed by atoms with Crippen molar-refractivity contribution < 1.29 is 14.3 Å². The van der Waals surface area contributed by atoms with Crippen molar-refractivity contribution in [1.29, 1.82) is 0 Å². The molecule has 0 aliphatic heterocycles. The summed E-state index contributed by atoms with van der Waals surface area (Å²) in [5, 5.41) is 0. The topological polar surface area (TPSA) is 35.5 Å². The zero-order valence-corrected chi connectivity index (χ0v) is 13.9. The van der Waals surface area contributed by atoms with E-state index in [-0.39, 0.29) is 12.6 Å². The van der Waals surface area contributed by atoms with Crippen LogP contribution < -0.4 is 4.74 Å². The molecule has 0 aliphatic rings.